The van der Waals surface area contributed by atoms with Crippen molar-refractivity contribution < 1.29 is 9.18 Å². The van der Waals surface area contributed by atoms with Gasteiger partial charge in [-0.1, -0.05) is 0 Å². The van der Waals surface area contributed by atoms with Gasteiger partial charge in [-0.25, -0.2) is 4.39 Å². The molecular weight excluding hydrogens is 287 g/mol. The highest BCUT2D eigenvalue weighted by Crippen LogP contribution is 2.19. The Labute approximate surface area is 109 Å². The molecule has 1 amide bonds. The summed E-state index contributed by atoms with van der Waals surface area (Å²) in [6.07, 6.45) is 0.371. The fourth-order valence-electron chi connectivity index (χ4n) is 1.32. The van der Waals surface area contributed by atoms with Crippen LogP contribution in [0.25, 0.3) is 0 Å². The van der Waals surface area contributed by atoms with E-state index in [1.165, 1.54) is 6.07 Å². The van der Waals surface area contributed by atoms with E-state index in [1.54, 1.807) is 12.1 Å². The number of nitrogens with one attached hydrogen (secondary N) is 2. The quantitative estimate of drug-likeness (QED) is 0.878. The van der Waals surface area contributed by atoms with Gasteiger partial charge in [-0.2, -0.15) is 0 Å². The average molecular weight is 303 g/mol. The largest absolute Gasteiger partial charge is 0.384 e. The zero-order valence-corrected chi connectivity index (χ0v) is 11.5. The number of hydrogen-bond donors (Lipinski definition) is 2. The average Bonchev–Trinajstić information content (AvgIpc) is 2.22. The Balaban J connectivity index is 2.36. The van der Waals surface area contributed by atoms with E-state index in [9.17, 15) is 9.18 Å². The topological polar surface area (TPSA) is 41.1 Å². The van der Waals surface area contributed by atoms with Crippen LogP contribution in [-0.4, -0.2) is 18.5 Å². The van der Waals surface area contributed by atoms with Crippen LogP contribution in [0.3, 0.4) is 0 Å². The molecule has 0 aliphatic heterocycles. The minimum atomic E-state index is -0.318. The van der Waals surface area contributed by atoms with Crippen molar-refractivity contribution in [3.05, 3.63) is 28.5 Å². The Kier molecular flexibility index (Phi) is 5.41. The number of hydrogen-bond acceptors (Lipinski definition) is 2. The molecule has 5 heteroatoms. The highest BCUT2D eigenvalue weighted by atomic mass is 79.9. The molecule has 2 N–H and O–H groups in total. The van der Waals surface area contributed by atoms with E-state index in [1.807, 2.05) is 13.8 Å². The third-order valence-corrected chi connectivity index (χ3v) is 2.69. The summed E-state index contributed by atoms with van der Waals surface area (Å²) >= 11 is 3.08. The number of amides is 1. The number of benzene rings is 1. The molecule has 0 bridgehead atoms. The molecule has 0 fully saturated rings. The van der Waals surface area contributed by atoms with Crippen molar-refractivity contribution in [3.63, 3.8) is 0 Å². The van der Waals surface area contributed by atoms with Gasteiger partial charge in [0.05, 0.1) is 4.47 Å². The van der Waals surface area contributed by atoms with Gasteiger partial charge in [-0.15, -0.1) is 0 Å². The molecule has 0 radical (unpaired) electrons. The van der Waals surface area contributed by atoms with E-state index in [0.717, 1.165) is 0 Å². The minimum absolute atomic E-state index is 0.00918. The van der Waals surface area contributed by atoms with Gasteiger partial charge < -0.3 is 10.6 Å². The Morgan fingerprint density at radius 3 is 2.76 bits per heavy atom. The van der Waals surface area contributed by atoms with Gasteiger partial charge in [0, 0.05) is 24.7 Å². The molecule has 0 saturated heterocycles. The van der Waals surface area contributed by atoms with E-state index in [2.05, 4.69) is 26.6 Å². The van der Waals surface area contributed by atoms with Crippen LogP contribution in [0.4, 0.5) is 10.1 Å². The van der Waals surface area contributed by atoms with Gasteiger partial charge in [-0.05, 0) is 48.0 Å². The molecule has 0 unspecified atom stereocenters. The number of halogens is 2. The monoisotopic (exact) mass is 302 g/mol. The number of carbonyl (C=O) groups is 1. The predicted molar refractivity (Wildman–Crippen MR) is 70.5 cm³/mol. The van der Waals surface area contributed by atoms with E-state index in [-0.39, 0.29) is 17.8 Å². The molecule has 1 rings (SSSR count). The first-order chi connectivity index (χ1) is 7.99. The van der Waals surface area contributed by atoms with Crippen molar-refractivity contribution in [1.82, 2.24) is 5.32 Å². The first-order valence-corrected chi connectivity index (χ1v) is 6.26. The highest BCUT2D eigenvalue weighted by molar-refractivity contribution is 9.10. The van der Waals surface area contributed by atoms with Crippen LogP contribution in [0, 0.1) is 5.82 Å². The molecule has 0 aliphatic rings. The molecule has 1 aromatic carbocycles. The van der Waals surface area contributed by atoms with Crippen LogP contribution in [-0.2, 0) is 4.79 Å². The van der Waals surface area contributed by atoms with Crippen molar-refractivity contribution in [2.45, 2.75) is 26.3 Å². The van der Waals surface area contributed by atoms with E-state index >= 15 is 0 Å². The van der Waals surface area contributed by atoms with E-state index < -0.39 is 0 Å². The molecule has 0 aromatic heterocycles. The molecule has 0 spiro atoms. The zero-order valence-electron chi connectivity index (χ0n) is 9.89. The fourth-order valence-corrected chi connectivity index (χ4v) is 1.57. The Hall–Kier alpha value is -1.10. The molecule has 94 valence electrons. The van der Waals surface area contributed by atoms with Crippen molar-refractivity contribution in [2.75, 3.05) is 11.9 Å². The summed E-state index contributed by atoms with van der Waals surface area (Å²) in [5, 5.41) is 5.78. The lowest BCUT2D eigenvalue weighted by atomic mass is 10.3. The van der Waals surface area contributed by atoms with Gasteiger partial charge in [0.1, 0.15) is 5.82 Å². The van der Waals surface area contributed by atoms with E-state index in [0.29, 0.717) is 23.1 Å². The zero-order chi connectivity index (χ0) is 12.8. The van der Waals surface area contributed by atoms with Crippen LogP contribution in [0.15, 0.2) is 22.7 Å². The van der Waals surface area contributed by atoms with E-state index in [4.69, 9.17) is 0 Å². The summed E-state index contributed by atoms with van der Waals surface area (Å²) in [5.41, 5.74) is 0.669. The van der Waals surface area contributed by atoms with Crippen LogP contribution in [0.5, 0.6) is 0 Å². The highest BCUT2D eigenvalue weighted by Gasteiger charge is 2.03. The predicted octanol–water partition coefficient (Wildman–Crippen LogP) is 2.91. The Morgan fingerprint density at radius 2 is 2.18 bits per heavy atom. The summed E-state index contributed by atoms with van der Waals surface area (Å²) in [6, 6.07) is 4.93. The van der Waals surface area contributed by atoms with Gasteiger partial charge in [0.25, 0.3) is 0 Å². The lowest BCUT2D eigenvalue weighted by molar-refractivity contribution is -0.121. The molecule has 0 heterocycles. The maximum absolute atomic E-state index is 13.2. The number of anilines is 1. The third-order valence-electron chi connectivity index (χ3n) is 2.05. The summed E-state index contributed by atoms with van der Waals surface area (Å²) in [4.78, 5) is 11.3. The number of rotatable bonds is 5. The second-order valence-corrected chi connectivity index (χ2v) is 4.88. The first kappa shape index (κ1) is 14.0. The lowest BCUT2D eigenvalue weighted by Crippen LogP contribution is -2.31. The maximum atomic E-state index is 13.2. The fraction of sp³-hybridized carbons (Fsp3) is 0.417. The first-order valence-electron chi connectivity index (χ1n) is 5.47. The van der Waals surface area contributed by atoms with Crippen LogP contribution in [0.2, 0.25) is 0 Å². The summed E-state index contributed by atoms with van der Waals surface area (Å²) in [6.45, 7) is 4.31. The third kappa shape index (κ3) is 5.17. The van der Waals surface area contributed by atoms with Gasteiger partial charge in [0.2, 0.25) is 5.91 Å². The van der Waals surface area contributed by atoms with Crippen molar-refractivity contribution in [2.24, 2.45) is 0 Å². The molecule has 17 heavy (non-hydrogen) atoms. The second kappa shape index (κ2) is 6.59. The molecule has 0 saturated carbocycles. The second-order valence-electron chi connectivity index (χ2n) is 4.03. The smallest absolute Gasteiger partial charge is 0.221 e. The molecule has 0 atom stereocenters. The molecule has 1 aromatic rings. The normalized spacial score (nSPS) is 10.4. The van der Waals surface area contributed by atoms with Gasteiger partial charge in [0.15, 0.2) is 0 Å². The number of carbonyl (C=O) groups excluding carboxylic acids is 1. The molecule has 3 nitrogen and oxygen atoms in total. The summed E-state index contributed by atoms with van der Waals surface area (Å²) < 4.78 is 13.6. The molecule has 0 aliphatic carbocycles. The summed E-state index contributed by atoms with van der Waals surface area (Å²) in [7, 11) is 0. The maximum Gasteiger partial charge on any atom is 0.221 e. The molecular formula is C12H16BrFN2O. The minimum Gasteiger partial charge on any atom is -0.384 e. The lowest BCUT2D eigenvalue weighted by Gasteiger charge is -2.09. The SMILES string of the molecule is CC(C)NC(=O)CCNc1ccc(Br)c(F)c1. The van der Waals surface area contributed by atoms with Crippen molar-refractivity contribution >= 4 is 27.5 Å². The van der Waals surface area contributed by atoms with Crippen LogP contribution in [0.1, 0.15) is 20.3 Å². The van der Waals surface area contributed by atoms with Crippen molar-refractivity contribution in [3.8, 4) is 0 Å². The summed E-state index contributed by atoms with van der Waals surface area (Å²) in [5.74, 6) is -0.327. The van der Waals surface area contributed by atoms with Crippen LogP contribution >= 0.6 is 15.9 Å². The standard InChI is InChI=1S/C12H16BrFN2O/c1-8(2)16-12(17)5-6-15-9-3-4-10(13)11(14)7-9/h3-4,7-8,15H,5-6H2,1-2H3,(H,16,17). The Morgan fingerprint density at radius 1 is 1.47 bits per heavy atom. The van der Waals surface area contributed by atoms with Crippen molar-refractivity contribution in [1.29, 1.82) is 0 Å². The van der Waals surface area contributed by atoms with Gasteiger partial charge >= 0.3 is 0 Å². The Bertz CT molecular complexity index is 396. The van der Waals surface area contributed by atoms with Gasteiger partial charge in [-0.3, -0.25) is 4.79 Å². The van der Waals surface area contributed by atoms with Crippen LogP contribution < -0.4 is 10.6 Å².